The number of carbonyl (C=O) groups is 2. The average Bonchev–Trinajstić information content (AvgIpc) is 3.95. The van der Waals surface area contributed by atoms with E-state index in [-0.39, 0.29) is 30.0 Å². The van der Waals surface area contributed by atoms with E-state index in [2.05, 4.69) is 63.1 Å². The fraction of sp³-hybridized carbons (Fsp3) is 0.421. The molecule has 3 saturated heterocycles. The SMILES string of the molecule is COC[C@@H]1CN[C@H](c2ncc(-c3ccc4c(c3)COc3cc5c(ccc6[nH]c([C@@H]7CC[C@@H]8CC(C)[C@H](NC(=O)OC)C(=O)N87)nc65)cc3-4)[nH]2)C1. The van der Waals surface area contributed by atoms with Gasteiger partial charge in [-0.1, -0.05) is 25.1 Å². The number of rotatable bonds is 6. The molecular weight excluding hydrogens is 634 g/mol. The van der Waals surface area contributed by atoms with Crippen molar-refractivity contribution in [2.45, 2.75) is 63.4 Å². The molecule has 0 bridgehead atoms. The summed E-state index contributed by atoms with van der Waals surface area (Å²) in [4.78, 5) is 44.6. The monoisotopic (exact) mass is 675 g/mol. The number of carbonyl (C=O) groups excluding carboxylic acids is 2. The van der Waals surface area contributed by atoms with Crippen molar-refractivity contribution in [2.24, 2.45) is 11.8 Å². The summed E-state index contributed by atoms with van der Waals surface area (Å²) >= 11 is 0. The smallest absolute Gasteiger partial charge is 0.407 e. The van der Waals surface area contributed by atoms with E-state index in [1.54, 1.807) is 7.11 Å². The van der Waals surface area contributed by atoms with Crippen molar-refractivity contribution < 1.29 is 23.8 Å². The van der Waals surface area contributed by atoms with Gasteiger partial charge in [0.1, 0.15) is 30.0 Å². The number of hydrogen-bond acceptors (Lipinski definition) is 8. The van der Waals surface area contributed by atoms with Crippen LogP contribution in [-0.4, -0.2) is 76.3 Å². The van der Waals surface area contributed by atoms with Gasteiger partial charge >= 0.3 is 6.09 Å². The molecule has 5 aromatic rings. The first-order valence-electron chi connectivity index (χ1n) is 17.5. The fourth-order valence-electron chi connectivity index (χ4n) is 8.75. The number of nitrogens with zero attached hydrogens (tertiary/aromatic N) is 3. The number of aromatic nitrogens is 4. The number of H-pyrrole nitrogens is 2. The molecule has 258 valence electrons. The Bertz CT molecular complexity index is 2140. The maximum Gasteiger partial charge on any atom is 0.407 e. The van der Waals surface area contributed by atoms with Gasteiger partial charge in [0.05, 0.1) is 48.7 Å². The van der Waals surface area contributed by atoms with Crippen molar-refractivity contribution in [2.75, 3.05) is 27.4 Å². The summed E-state index contributed by atoms with van der Waals surface area (Å²) in [5.41, 5.74) is 7.19. The van der Waals surface area contributed by atoms with Crippen LogP contribution < -0.4 is 15.4 Å². The molecule has 0 saturated carbocycles. The number of ether oxygens (including phenoxy) is 3. The molecule has 4 aliphatic heterocycles. The Kier molecular flexibility index (Phi) is 7.54. The van der Waals surface area contributed by atoms with E-state index in [0.29, 0.717) is 12.5 Å². The molecule has 3 aromatic carbocycles. The van der Waals surface area contributed by atoms with E-state index in [1.165, 1.54) is 7.11 Å². The first-order valence-corrected chi connectivity index (χ1v) is 17.5. The van der Waals surface area contributed by atoms with Gasteiger partial charge in [-0.3, -0.25) is 4.79 Å². The molecule has 12 heteroatoms. The average molecular weight is 676 g/mol. The summed E-state index contributed by atoms with van der Waals surface area (Å²) in [5.74, 6) is 3.00. The van der Waals surface area contributed by atoms with Gasteiger partial charge in [-0.25, -0.2) is 14.8 Å². The van der Waals surface area contributed by atoms with Crippen molar-refractivity contribution in [1.29, 1.82) is 0 Å². The van der Waals surface area contributed by atoms with E-state index in [4.69, 9.17) is 24.2 Å². The maximum atomic E-state index is 13.7. The highest BCUT2D eigenvalue weighted by Crippen LogP contribution is 2.45. The first kappa shape index (κ1) is 31.1. The van der Waals surface area contributed by atoms with Crippen molar-refractivity contribution in [3.8, 4) is 28.1 Å². The fourth-order valence-corrected chi connectivity index (χ4v) is 8.75. The normalized spacial score (nSPS) is 25.7. The molecule has 2 amide bonds. The van der Waals surface area contributed by atoms with E-state index in [9.17, 15) is 9.59 Å². The van der Waals surface area contributed by atoms with E-state index < -0.39 is 12.1 Å². The maximum absolute atomic E-state index is 13.7. The molecular formula is C38H41N7O5. The van der Waals surface area contributed by atoms with Crippen LogP contribution in [0.15, 0.2) is 48.7 Å². The predicted octanol–water partition coefficient (Wildman–Crippen LogP) is 5.76. The number of fused-ring (bicyclic) bond motifs is 7. The molecule has 50 heavy (non-hydrogen) atoms. The molecule has 9 rings (SSSR count). The van der Waals surface area contributed by atoms with Gasteiger partial charge in [-0.05, 0) is 83.9 Å². The highest BCUT2D eigenvalue weighted by atomic mass is 16.5. The third-order valence-electron chi connectivity index (χ3n) is 11.2. The molecule has 0 aliphatic carbocycles. The Morgan fingerprint density at radius 2 is 1.96 bits per heavy atom. The highest BCUT2D eigenvalue weighted by Gasteiger charge is 2.48. The van der Waals surface area contributed by atoms with Crippen molar-refractivity contribution >= 4 is 33.8 Å². The number of benzene rings is 3. The minimum Gasteiger partial charge on any atom is -0.488 e. The zero-order valence-corrected chi connectivity index (χ0v) is 28.4. The molecule has 6 heterocycles. The quantitative estimate of drug-likeness (QED) is 0.178. The molecule has 0 spiro atoms. The molecule has 4 N–H and O–H groups in total. The molecule has 12 nitrogen and oxygen atoms in total. The van der Waals surface area contributed by atoms with Crippen LogP contribution in [0.3, 0.4) is 0 Å². The summed E-state index contributed by atoms with van der Waals surface area (Å²) in [6.45, 7) is 4.17. The number of methoxy groups -OCH3 is 2. The van der Waals surface area contributed by atoms with Crippen LogP contribution in [0, 0.1) is 11.8 Å². The van der Waals surface area contributed by atoms with Gasteiger partial charge in [-0.15, -0.1) is 0 Å². The van der Waals surface area contributed by atoms with Crippen LogP contribution in [0.25, 0.3) is 44.2 Å². The Labute approximate surface area is 289 Å². The van der Waals surface area contributed by atoms with Gasteiger partial charge < -0.3 is 39.7 Å². The van der Waals surface area contributed by atoms with Crippen LogP contribution in [0.4, 0.5) is 4.79 Å². The Morgan fingerprint density at radius 1 is 1.06 bits per heavy atom. The summed E-state index contributed by atoms with van der Waals surface area (Å²) in [5, 5.41) is 8.39. The third kappa shape index (κ3) is 5.11. The summed E-state index contributed by atoms with van der Waals surface area (Å²) < 4.78 is 16.5. The molecule has 2 aromatic heterocycles. The molecule has 4 aliphatic rings. The van der Waals surface area contributed by atoms with Crippen LogP contribution in [0.5, 0.6) is 5.75 Å². The second-order valence-electron chi connectivity index (χ2n) is 14.3. The van der Waals surface area contributed by atoms with Crippen LogP contribution >= 0.6 is 0 Å². The minimum absolute atomic E-state index is 0.0244. The second-order valence-corrected chi connectivity index (χ2v) is 14.3. The molecule has 6 atom stereocenters. The van der Waals surface area contributed by atoms with Crippen molar-refractivity contribution in [3.05, 3.63) is 65.9 Å². The van der Waals surface area contributed by atoms with Crippen LogP contribution in [0.1, 0.15) is 61.9 Å². The lowest BCUT2D eigenvalue weighted by Gasteiger charge is -2.41. The Hall–Kier alpha value is -4.94. The summed E-state index contributed by atoms with van der Waals surface area (Å²) in [7, 11) is 3.07. The number of piperidine rings is 1. The van der Waals surface area contributed by atoms with Crippen LogP contribution in [-0.2, 0) is 20.9 Å². The number of hydrogen-bond donors (Lipinski definition) is 4. The van der Waals surface area contributed by atoms with Crippen molar-refractivity contribution in [1.82, 2.24) is 35.5 Å². The third-order valence-corrected chi connectivity index (χ3v) is 11.2. The minimum atomic E-state index is -0.618. The van der Waals surface area contributed by atoms with Gasteiger partial charge in [0.15, 0.2) is 0 Å². The lowest BCUT2D eigenvalue weighted by molar-refractivity contribution is -0.142. The van der Waals surface area contributed by atoms with Crippen molar-refractivity contribution in [3.63, 3.8) is 0 Å². The molecule has 3 fully saturated rings. The van der Waals surface area contributed by atoms with E-state index in [0.717, 1.165) is 106 Å². The number of aromatic amines is 2. The van der Waals surface area contributed by atoms with Gasteiger partial charge in [0.2, 0.25) is 5.91 Å². The highest BCUT2D eigenvalue weighted by molar-refractivity contribution is 6.07. The number of nitrogens with one attached hydrogen (secondary N) is 4. The standard InChI is InChI=1S/C38H41N7O5/c1-19-10-24-6-9-31(45(24)37(46)33(19)44-38(47)49-3)36-41-28-8-5-21-13-27-25-7-4-22(12-23(25)18-50-32(27)14-26(21)34(28)43-36)30-16-40-35(42-30)29-11-20(15-39-29)17-48-2/h4-5,7-8,12-14,16,19-20,24,29,31,33,39H,6,9-11,15,17-18H2,1-3H3,(H,40,42)(H,41,43)(H,44,47)/t19?,20-,24+,29-,31-,33-/m0/s1. The lowest BCUT2D eigenvalue weighted by atomic mass is 9.88. The second kappa shape index (κ2) is 12.1. The summed E-state index contributed by atoms with van der Waals surface area (Å²) in [6.07, 6.45) is 4.87. The van der Waals surface area contributed by atoms with E-state index >= 15 is 0 Å². The topological polar surface area (TPSA) is 146 Å². The van der Waals surface area contributed by atoms with Gasteiger partial charge in [0, 0.05) is 30.6 Å². The van der Waals surface area contributed by atoms with Gasteiger partial charge in [0.25, 0.3) is 0 Å². The molecule has 0 radical (unpaired) electrons. The number of alkyl carbamates (subject to hydrolysis) is 1. The predicted molar refractivity (Wildman–Crippen MR) is 187 cm³/mol. The largest absolute Gasteiger partial charge is 0.488 e. The first-order chi connectivity index (χ1) is 24.4. The Morgan fingerprint density at radius 3 is 2.82 bits per heavy atom. The zero-order valence-electron chi connectivity index (χ0n) is 28.4. The van der Waals surface area contributed by atoms with Crippen LogP contribution in [0.2, 0.25) is 0 Å². The summed E-state index contributed by atoms with van der Waals surface area (Å²) in [6, 6.07) is 14.5. The van der Waals surface area contributed by atoms with Gasteiger partial charge in [-0.2, -0.15) is 0 Å². The lowest BCUT2D eigenvalue weighted by Crippen LogP contribution is -2.58. The number of imidazole rings is 2. The zero-order chi connectivity index (χ0) is 34.1. The van der Waals surface area contributed by atoms with E-state index in [1.807, 2.05) is 18.0 Å². The molecule has 1 unspecified atom stereocenters. The number of amides is 2. The Balaban J connectivity index is 0.992.